The molecular formula is C20H28ClN3O5. The summed E-state index contributed by atoms with van der Waals surface area (Å²) in [5, 5.41) is 10.5. The minimum Gasteiger partial charge on any atom is -0.483 e. The Morgan fingerprint density at radius 1 is 1.41 bits per heavy atom. The third-order valence-electron chi connectivity index (χ3n) is 5.38. The molecule has 2 fully saturated rings. The Hall–Kier alpha value is -2.32. The third kappa shape index (κ3) is 5.39. The molecule has 1 spiro atoms. The quantitative estimate of drug-likeness (QED) is 0.563. The van der Waals surface area contributed by atoms with Crippen LogP contribution in [0.1, 0.15) is 29.6 Å². The van der Waals surface area contributed by atoms with Gasteiger partial charge >= 0.3 is 5.97 Å². The Labute approximate surface area is 175 Å². The largest absolute Gasteiger partial charge is 0.483 e. The average Bonchev–Trinajstić information content (AvgIpc) is 2.96. The zero-order valence-corrected chi connectivity index (χ0v) is 17.7. The van der Waals surface area contributed by atoms with Crippen molar-refractivity contribution in [3.63, 3.8) is 0 Å². The van der Waals surface area contributed by atoms with Crippen molar-refractivity contribution >= 4 is 35.6 Å². The molecule has 1 unspecified atom stereocenters. The van der Waals surface area contributed by atoms with Gasteiger partial charge < -0.3 is 25.0 Å². The van der Waals surface area contributed by atoms with E-state index < -0.39 is 5.41 Å². The number of nitrogens with zero attached hydrogens (tertiary/aromatic N) is 2. The number of carbonyl (C=O) groups is 3. The summed E-state index contributed by atoms with van der Waals surface area (Å²) in [6, 6.07) is 5.26. The molecule has 2 heterocycles. The van der Waals surface area contributed by atoms with Crippen LogP contribution in [0.5, 0.6) is 0 Å². The summed E-state index contributed by atoms with van der Waals surface area (Å²) in [6.07, 6.45) is 1.99. The number of anilines is 1. The van der Waals surface area contributed by atoms with E-state index in [-0.39, 0.29) is 24.5 Å². The lowest BCUT2D eigenvalue weighted by Crippen LogP contribution is -2.45. The van der Waals surface area contributed by atoms with Gasteiger partial charge in [0.15, 0.2) is 0 Å². The van der Waals surface area contributed by atoms with Gasteiger partial charge in [-0.05, 0) is 45.1 Å². The summed E-state index contributed by atoms with van der Waals surface area (Å²) in [6.45, 7) is 1.60. The number of piperidine rings is 1. The SMILES string of the molecule is CNc1ccc(Cl)cc1C(=O)N1CCC2(CC1)CC(CN(C)C)OC2=O.O=CO. The summed E-state index contributed by atoms with van der Waals surface area (Å²) >= 11 is 6.07. The van der Waals surface area contributed by atoms with Crippen LogP contribution in [0.3, 0.4) is 0 Å². The van der Waals surface area contributed by atoms with Gasteiger partial charge in [-0.2, -0.15) is 0 Å². The number of hydrogen-bond acceptors (Lipinski definition) is 6. The number of carbonyl (C=O) groups excluding carboxylic acids is 2. The highest BCUT2D eigenvalue weighted by Gasteiger charge is 2.50. The van der Waals surface area contributed by atoms with Crippen molar-refractivity contribution in [1.82, 2.24) is 9.80 Å². The van der Waals surface area contributed by atoms with Crippen LogP contribution in [-0.2, 0) is 14.3 Å². The summed E-state index contributed by atoms with van der Waals surface area (Å²) in [7, 11) is 5.74. The van der Waals surface area contributed by atoms with Crippen LogP contribution >= 0.6 is 11.6 Å². The Morgan fingerprint density at radius 3 is 2.59 bits per heavy atom. The molecule has 8 nitrogen and oxygen atoms in total. The Bertz CT molecular complexity index is 748. The van der Waals surface area contributed by atoms with Crippen LogP contribution in [0, 0.1) is 5.41 Å². The smallest absolute Gasteiger partial charge is 0.312 e. The van der Waals surface area contributed by atoms with Gasteiger partial charge in [0.1, 0.15) is 6.10 Å². The van der Waals surface area contributed by atoms with Crippen LogP contribution in [0.4, 0.5) is 5.69 Å². The van der Waals surface area contributed by atoms with Crippen molar-refractivity contribution in [3.05, 3.63) is 28.8 Å². The minimum absolute atomic E-state index is 0.0522. The molecular weight excluding hydrogens is 398 g/mol. The number of likely N-dealkylation sites (tertiary alicyclic amines) is 1. The molecule has 1 atom stereocenters. The molecule has 9 heteroatoms. The number of esters is 1. The first-order valence-electron chi connectivity index (χ1n) is 9.46. The van der Waals surface area contributed by atoms with Crippen molar-refractivity contribution in [1.29, 1.82) is 0 Å². The highest BCUT2D eigenvalue weighted by atomic mass is 35.5. The van der Waals surface area contributed by atoms with Crippen molar-refractivity contribution in [2.75, 3.05) is 46.1 Å². The predicted octanol–water partition coefficient (Wildman–Crippen LogP) is 2.18. The second-order valence-electron chi connectivity index (χ2n) is 7.61. The summed E-state index contributed by atoms with van der Waals surface area (Å²) in [4.78, 5) is 37.6. The van der Waals surface area contributed by atoms with E-state index in [9.17, 15) is 9.59 Å². The molecule has 2 aliphatic rings. The number of likely N-dealkylation sites (N-methyl/N-ethyl adjacent to an activating group) is 1. The minimum atomic E-state index is -0.433. The molecule has 0 aromatic heterocycles. The Morgan fingerprint density at radius 2 is 2.03 bits per heavy atom. The number of nitrogens with one attached hydrogen (secondary N) is 1. The van der Waals surface area contributed by atoms with Gasteiger partial charge in [0, 0.05) is 43.8 Å². The van der Waals surface area contributed by atoms with E-state index in [4.69, 9.17) is 26.2 Å². The fourth-order valence-electron chi connectivity index (χ4n) is 3.97. The third-order valence-corrected chi connectivity index (χ3v) is 5.62. The van der Waals surface area contributed by atoms with Gasteiger partial charge in [0.2, 0.25) is 0 Å². The predicted molar refractivity (Wildman–Crippen MR) is 110 cm³/mol. The lowest BCUT2D eigenvalue weighted by molar-refractivity contribution is -0.150. The first-order valence-corrected chi connectivity index (χ1v) is 9.84. The summed E-state index contributed by atoms with van der Waals surface area (Å²) < 4.78 is 5.59. The number of hydrogen-bond donors (Lipinski definition) is 2. The number of benzene rings is 1. The molecule has 0 aliphatic carbocycles. The van der Waals surface area contributed by atoms with Gasteiger partial charge in [-0.1, -0.05) is 11.6 Å². The number of halogens is 1. The van der Waals surface area contributed by atoms with Crippen LogP contribution in [0.25, 0.3) is 0 Å². The molecule has 2 saturated heterocycles. The van der Waals surface area contributed by atoms with Crippen LogP contribution in [0.15, 0.2) is 18.2 Å². The summed E-state index contributed by atoms with van der Waals surface area (Å²) in [5.74, 6) is -0.155. The van der Waals surface area contributed by atoms with E-state index in [0.717, 1.165) is 18.7 Å². The van der Waals surface area contributed by atoms with E-state index in [0.29, 0.717) is 36.5 Å². The molecule has 1 aromatic carbocycles. The fourth-order valence-corrected chi connectivity index (χ4v) is 4.15. The molecule has 2 N–H and O–H groups in total. The van der Waals surface area contributed by atoms with Crippen LogP contribution < -0.4 is 5.32 Å². The van der Waals surface area contributed by atoms with Crippen molar-refractivity contribution in [3.8, 4) is 0 Å². The van der Waals surface area contributed by atoms with Gasteiger partial charge in [-0.3, -0.25) is 14.4 Å². The number of carboxylic acid groups (broad SMARTS) is 1. The van der Waals surface area contributed by atoms with E-state index in [2.05, 4.69) is 5.32 Å². The molecule has 0 saturated carbocycles. The highest BCUT2D eigenvalue weighted by Crippen LogP contribution is 2.43. The topological polar surface area (TPSA) is 99.2 Å². The van der Waals surface area contributed by atoms with Gasteiger partial charge in [-0.15, -0.1) is 0 Å². The highest BCUT2D eigenvalue weighted by molar-refractivity contribution is 6.31. The molecule has 2 aliphatic heterocycles. The Kier molecular flexibility index (Phi) is 7.87. The van der Waals surface area contributed by atoms with Crippen LogP contribution in [0.2, 0.25) is 5.02 Å². The molecule has 29 heavy (non-hydrogen) atoms. The van der Waals surface area contributed by atoms with Crippen molar-refractivity contribution in [2.24, 2.45) is 5.41 Å². The second-order valence-corrected chi connectivity index (χ2v) is 8.05. The van der Waals surface area contributed by atoms with Gasteiger partial charge in [0.05, 0.1) is 11.0 Å². The first kappa shape index (κ1) is 23.0. The van der Waals surface area contributed by atoms with Crippen molar-refractivity contribution < 1.29 is 24.2 Å². The lowest BCUT2D eigenvalue weighted by atomic mass is 9.76. The number of cyclic esters (lactones) is 1. The normalized spacial score (nSPS) is 20.1. The molecule has 1 amide bonds. The molecule has 1 aromatic rings. The zero-order chi connectivity index (χ0) is 21.6. The van der Waals surface area contributed by atoms with E-state index >= 15 is 0 Å². The maximum absolute atomic E-state index is 12.9. The number of amides is 1. The summed E-state index contributed by atoms with van der Waals surface area (Å²) in [5.41, 5.74) is 0.888. The Balaban J connectivity index is 0.000000941. The maximum atomic E-state index is 12.9. The van der Waals surface area contributed by atoms with Gasteiger partial charge in [-0.25, -0.2) is 0 Å². The van der Waals surface area contributed by atoms with E-state index in [1.807, 2.05) is 23.9 Å². The molecule has 0 bridgehead atoms. The molecule has 160 valence electrons. The van der Waals surface area contributed by atoms with E-state index in [1.165, 1.54) is 0 Å². The molecule has 0 radical (unpaired) electrons. The second kappa shape index (κ2) is 9.93. The zero-order valence-electron chi connectivity index (χ0n) is 17.0. The first-order chi connectivity index (χ1) is 13.8. The fraction of sp³-hybridized carbons (Fsp3) is 0.550. The van der Waals surface area contributed by atoms with Crippen molar-refractivity contribution in [2.45, 2.75) is 25.4 Å². The maximum Gasteiger partial charge on any atom is 0.312 e. The lowest BCUT2D eigenvalue weighted by Gasteiger charge is -2.36. The standard InChI is InChI=1S/C19H26ClN3O3.CH2O2/c1-21-16-5-4-13(20)10-15(16)17(24)23-8-6-19(7-9-23)11-14(12-22(2)3)26-18(19)25;2-1-3/h4-5,10,14,21H,6-9,11-12H2,1-3H3;1H,(H,2,3). The number of ether oxygens (including phenoxy) is 1. The average molecular weight is 426 g/mol. The van der Waals surface area contributed by atoms with Crippen LogP contribution in [-0.4, -0.2) is 80.1 Å². The number of rotatable bonds is 4. The molecule has 3 rings (SSSR count). The van der Waals surface area contributed by atoms with Gasteiger partial charge in [0.25, 0.3) is 12.4 Å². The van der Waals surface area contributed by atoms with E-state index in [1.54, 1.807) is 25.2 Å². The monoisotopic (exact) mass is 425 g/mol.